The number of ether oxygens (including phenoxy) is 1. The van der Waals surface area contributed by atoms with Crippen LogP contribution in [-0.4, -0.2) is 63.7 Å². The molecule has 2 aromatic rings. The number of nitrogens with zero attached hydrogens (tertiary/aromatic N) is 2. The summed E-state index contributed by atoms with van der Waals surface area (Å²) in [5, 5.41) is 16.5. The number of carbonyl (C=O) groups excluding carboxylic acids is 1. The third-order valence-corrected chi connectivity index (χ3v) is 12.4. The van der Waals surface area contributed by atoms with Crippen LogP contribution >= 0.6 is 11.3 Å². The topological polar surface area (TPSA) is 142 Å². The monoisotopic (exact) mass is 619 g/mol. The minimum atomic E-state index is -4.26. The van der Waals surface area contributed by atoms with Crippen molar-refractivity contribution in [3.8, 4) is 5.75 Å². The SMILES string of the molecule is COc1ccc(CN2C(=O)C(C3=NS(=O)(=O)c4c(CCS(C)(=O)=O)csc4N3)=C(O)[C@@H]3C4CCC(CC4)[C@@H]32)c(C)c1. The number of rotatable bonds is 7. The normalized spacial score (nSPS) is 26.8. The van der Waals surface area contributed by atoms with Gasteiger partial charge in [0.1, 0.15) is 36.8 Å². The van der Waals surface area contributed by atoms with Crippen molar-refractivity contribution in [3.63, 3.8) is 0 Å². The molecule has 2 N–H and O–H groups in total. The number of sulfone groups is 1. The highest BCUT2D eigenvalue weighted by molar-refractivity contribution is 7.91. The van der Waals surface area contributed by atoms with Crippen molar-refractivity contribution in [2.75, 3.05) is 24.4 Å². The summed E-state index contributed by atoms with van der Waals surface area (Å²) in [4.78, 5) is 16.0. The molecule has 3 aliphatic carbocycles. The van der Waals surface area contributed by atoms with Gasteiger partial charge in [0.05, 0.1) is 12.9 Å². The van der Waals surface area contributed by atoms with Gasteiger partial charge in [0.15, 0.2) is 5.84 Å². The molecule has 3 fully saturated rings. The van der Waals surface area contributed by atoms with E-state index in [0.29, 0.717) is 12.1 Å². The summed E-state index contributed by atoms with van der Waals surface area (Å²) in [7, 11) is -5.96. The lowest BCUT2D eigenvalue weighted by Crippen LogP contribution is -2.60. The van der Waals surface area contributed by atoms with Gasteiger partial charge in [-0.25, -0.2) is 8.42 Å². The van der Waals surface area contributed by atoms with E-state index >= 15 is 0 Å². The van der Waals surface area contributed by atoms with Gasteiger partial charge in [-0.2, -0.15) is 8.42 Å². The number of benzene rings is 1. The molecule has 2 bridgehead atoms. The molecule has 1 amide bonds. The molecule has 3 heterocycles. The first-order chi connectivity index (χ1) is 19.4. The van der Waals surface area contributed by atoms with Gasteiger partial charge >= 0.3 is 0 Å². The van der Waals surface area contributed by atoms with Crippen molar-refractivity contribution in [1.29, 1.82) is 0 Å². The second-order valence-electron chi connectivity index (χ2n) is 11.5. The van der Waals surface area contributed by atoms with Crippen molar-refractivity contribution in [2.24, 2.45) is 22.2 Å². The molecule has 3 saturated carbocycles. The number of nitrogens with one attached hydrogen (secondary N) is 1. The number of hydrogen-bond acceptors (Lipinski definition) is 9. The number of amides is 1. The standard InChI is InChI=1S/C28H33N3O7S3/c1-15-12-20(38-2)9-8-18(15)13-31-23-17-6-4-16(5-7-17)21(23)24(32)22(28(31)33)26-29-27-25(41(36,37)30-26)19(14-39-27)10-11-40(3,34)35/h8-9,12,14,16-17,21,23,32H,4-7,10-11,13H2,1-3H3,(H,29,30)/t16?,17?,21-,23+/m1/s1. The number of methoxy groups -OCH3 is 1. The second kappa shape index (κ2) is 10.1. The molecule has 7 rings (SSSR count). The quantitative estimate of drug-likeness (QED) is 0.476. The minimum Gasteiger partial charge on any atom is -0.511 e. The lowest BCUT2D eigenvalue weighted by Gasteiger charge is -2.54. The van der Waals surface area contributed by atoms with Crippen molar-refractivity contribution in [1.82, 2.24) is 4.90 Å². The Labute approximate surface area is 244 Å². The zero-order valence-corrected chi connectivity index (χ0v) is 25.5. The number of carbonyl (C=O) groups is 1. The van der Waals surface area contributed by atoms with Gasteiger partial charge in [0.2, 0.25) is 0 Å². The molecule has 41 heavy (non-hydrogen) atoms. The van der Waals surface area contributed by atoms with Crippen LogP contribution in [0.1, 0.15) is 42.4 Å². The van der Waals surface area contributed by atoms with Crippen molar-refractivity contribution in [2.45, 2.75) is 56.5 Å². The number of amidine groups is 1. The maximum atomic E-state index is 14.3. The van der Waals surface area contributed by atoms with E-state index in [4.69, 9.17) is 4.74 Å². The smallest absolute Gasteiger partial charge is 0.287 e. The largest absolute Gasteiger partial charge is 0.511 e. The molecule has 1 aromatic heterocycles. The molecule has 2 atom stereocenters. The molecule has 220 valence electrons. The number of aliphatic hydroxyl groups excluding tert-OH is 1. The minimum absolute atomic E-state index is 0.0329. The van der Waals surface area contributed by atoms with Gasteiger partial charge in [-0.15, -0.1) is 15.7 Å². The fourth-order valence-corrected chi connectivity index (χ4v) is 10.2. The van der Waals surface area contributed by atoms with E-state index in [0.717, 1.165) is 60.2 Å². The molecular weight excluding hydrogens is 587 g/mol. The Kier molecular flexibility index (Phi) is 6.97. The van der Waals surface area contributed by atoms with Crippen LogP contribution in [0.2, 0.25) is 0 Å². The maximum absolute atomic E-state index is 14.3. The first kappa shape index (κ1) is 28.2. The average Bonchev–Trinajstić information content (AvgIpc) is 3.34. The highest BCUT2D eigenvalue weighted by atomic mass is 32.2. The number of aliphatic hydroxyl groups is 1. The zero-order chi connectivity index (χ0) is 29.3. The van der Waals surface area contributed by atoms with Crippen LogP contribution in [-0.2, 0) is 37.6 Å². The van der Waals surface area contributed by atoms with Crippen molar-refractivity contribution in [3.05, 3.63) is 51.6 Å². The number of hydrogen-bond donors (Lipinski definition) is 2. The fourth-order valence-electron chi connectivity index (χ4n) is 6.99. The van der Waals surface area contributed by atoms with Crippen molar-refractivity contribution < 1.29 is 31.5 Å². The van der Waals surface area contributed by atoms with Crippen LogP contribution in [0.25, 0.3) is 0 Å². The van der Waals surface area contributed by atoms with Crippen LogP contribution in [0.4, 0.5) is 5.00 Å². The Bertz CT molecular complexity index is 1700. The van der Waals surface area contributed by atoms with E-state index in [1.165, 1.54) is 0 Å². The van der Waals surface area contributed by atoms with E-state index < -0.39 is 25.8 Å². The number of anilines is 1. The number of sulfonamides is 1. The van der Waals surface area contributed by atoms with Crippen LogP contribution in [0, 0.1) is 24.7 Å². The molecule has 2 aliphatic heterocycles. The Morgan fingerprint density at radius 3 is 2.54 bits per heavy atom. The maximum Gasteiger partial charge on any atom is 0.287 e. The second-order valence-corrected chi connectivity index (χ2v) is 16.2. The average molecular weight is 620 g/mol. The summed E-state index contributed by atoms with van der Waals surface area (Å²) < 4.78 is 59.6. The van der Waals surface area contributed by atoms with E-state index in [-0.39, 0.29) is 63.0 Å². The number of aryl methyl sites for hydroxylation is 2. The zero-order valence-electron chi connectivity index (χ0n) is 23.1. The molecule has 0 radical (unpaired) electrons. The molecule has 1 aromatic carbocycles. The Morgan fingerprint density at radius 1 is 1.17 bits per heavy atom. The number of thiophene rings is 1. The van der Waals surface area contributed by atoms with Gasteiger partial charge in [-0.05, 0) is 85.1 Å². The van der Waals surface area contributed by atoms with Gasteiger partial charge in [0, 0.05) is 24.8 Å². The third-order valence-electron chi connectivity index (χ3n) is 8.97. The van der Waals surface area contributed by atoms with Crippen molar-refractivity contribution >= 4 is 47.9 Å². The van der Waals surface area contributed by atoms with Crippen LogP contribution < -0.4 is 10.1 Å². The van der Waals surface area contributed by atoms with E-state index in [1.807, 2.05) is 30.0 Å². The summed E-state index contributed by atoms with van der Waals surface area (Å²) in [6, 6.07) is 5.53. The molecule has 13 heteroatoms. The predicted molar refractivity (Wildman–Crippen MR) is 157 cm³/mol. The highest BCUT2D eigenvalue weighted by Crippen LogP contribution is 2.53. The van der Waals surface area contributed by atoms with Gasteiger partial charge in [-0.1, -0.05) is 6.07 Å². The third kappa shape index (κ3) is 4.95. The molecule has 0 saturated heterocycles. The lowest BCUT2D eigenvalue weighted by molar-refractivity contribution is -0.140. The van der Waals surface area contributed by atoms with Crippen LogP contribution in [0.3, 0.4) is 0 Å². The lowest BCUT2D eigenvalue weighted by atomic mass is 9.59. The van der Waals surface area contributed by atoms with Gasteiger partial charge in [-0.3, -0.25) is 4.79 Å². The van der Waals surface area contributed by atoms with E-state index in [9.17, 15) is 26.7 Å². The van der Waals surface area contributed by atoms with Crippen LogP contribution in [0.5, 0.6) is 5.75 Å². The summed E-state index contributed by atoms with van der Waals surface area (Å²) in [5.74, 6) is -0.0589. The molecule has 10 nitrogen and oxygen atoms in total. The summed E-state index contributed by atoms with van der Waals surface area (Å²) in [5.41, 5.74) is 2.17. The van der Waals surface area contributed by atoms with E-state index in [2.05, 4.69) is 9.71 Å². The fraction of sp³-hybridized carbons (Fsp3) is 0.500. The first-order valence-electron chi connectivity index (χ1n) is 13.7. The van der Waals surface area contributed by atoms with E-state index in [1.54, 1.807) is 12.5 Å². The predicted octanol–water partition coefficient (Wildman–Crippen LogP) is 3.82. The Hall–Kier alpha value is -2.90. The number of fused-ring (bicyclic) bond motifs is 3. The van der Waals surface area contributed by atoms with Crippen LogP contribution in [0.15, 0.2) is 44.2 Å². The summed E-state index contributed by atoms with van der Waals surface area (Å²) in [6.45, 7) is 2.28. The molecule has 0 unspecified atom stereocenters. The first-order valence-corrected chi connectivity index (χ1v) is 18.0. The molecular formula is C28H33N3O7S3. The molecule has 5 aliphatic rings. The summed E-state index contributed by atoms with van der Waals surface area (Å²) in [6.07, 6.45) is 5.01. The van der Waals surface area contributed by atoms with Gasteiger partial charge in [0.25, 0.3) is 15.9 Å². The highest BCUT2D eigenvalue weighted by Gasteiger charge is 2.54. The molecule has 0 spiro atoms. The Balaban J connectivity index is 1.40. The Morgan fingerprint density at radius 2 is 1.88 bits per heavy atom. The van der Waals surface area contributed by atoms with Gasteiger partial charge < -0.3 is 20.1 Å². The summed E-state index contributed by atoms with van der Waals surface area (Å²) >= 11 is 1.11.